The number of aromatic hydroxyl groups is 2. The molecule has 0 amide bonds. The molecule has 1 aromatic heterocycles. The molecule has 0 atom stereocenters. The highest BCUT2D eigenvalue weighted by Crippen LogP contribution is 2.31. The molecule has 0 saturated carbocycles. The molecule has 5 heteroatoms. The van der Waals surface area contributed by atoms with Gasteiger partial charge in [0.25, 0.3) is 0 Å². The Kier molecular flexibility index (Phi) is 3.20. The number of rotatable bonds is 2. The summed E-state index contributed by atoms with van der Waals surface area (Å²) in [7, 11) is 0. The molecule has 118 valence electrons. The van der Waals surface area contributed by atoms with E-state index >= 15 is 0 Å². The third-order valence-electron chi connectivity index (χ3n) is 3.76. The van der Waals surface area contributed by atoms with Crippen molar-refractivity contribution in [2.45, 2.75) is 0 Å². The lowest BCUT2D eigenvalue weighted by Crippen LogP contribution is -1.80. The van der Waals surface area contributed by atoms with Crippen LogP contribution in [-0.2, 0) is 0 Å². The number of fused-ring (bicyclic) bond motifs is 1. The summed E-state index contributed by atoms with van der Waals surface area (Å²) in [6.45, 7) is 0. The quantitative estimate of drug-likeness (QED) is 0.561. The molecule has 24 heavy (non-hydrogen) atoms. The predicted molar refractivity (Wildman–Crippen MR) is 88.2 cm³/mol. The van der Waals surface area contributed by atoms with Gasteiger partial charge in [-0.2, -0.15) is 0 Å². The Morgan fingerprint density at radius 3 is 2.42 bits per heavy atom. The smallest absolute Gasteiger partial charge is 0.227 e. The third-order valence-corrected chi connectivity index (χ3v) is 3.76. The van der Waals surface area contributed by atoms with Crippen molar-refractivity contribution in [3.63, 3.8) is 0 Å². The molecule has 1 heterocycles. The molecule has 0 aliphatic heterocycles. The Bertz CT molecular complexity index is 1060. The molecule has 0 spiro atoms. The van der Waals surface area contributed by atoms with Crippen LogP contribution in [0.15, 0.2) is 65.1 Å². The topological polar surface area (TPSA) is 66.5 Å². The summed E-state index contributed by atoms with van der Waals surface area (Å²) >= 11 is 0. The first-order valence-electron chi connectivity index (χ1n) is 7.29. The summed E-state index contributed by atoms with van der Waals surface area (Å²) in [6, 6.07) is 16.4. The number of hydrogen-bond donors (Lipinski definition) is 2. The molecule has 3 aromatic carbocycles. The van der Waals surface area contributed by atoms with E-state index in [1.165, 1.54) is 12.1 Å². The van der Waals surface area contributed by atoms with Gasteiger partial charge in [0.05, 0.1) is 0 Å². The number of hydrogen-bond acceptors (Lipinski definition) is 4. The summed E-state index contributed by atoms with van der Waals surface area (Å²) < 4.78 is 18.8. The van der Waals surface area contributed by atoms with E-state index in [1.807, 2.05) is 18.2 Å². The van der Waals surface area contributed by atoms with Crippen LogP contribution in [0.4, 0.5) is 4.39 Å². The van der Waals surface area contributed by atoms with Gasteiger partial charge in [-0.05, 0) is 53.6 Å². The molecule has 4 aromatic rings. The summed E-state index contributed by atoms with van der Waals surface area (Å²) in [4.78, 5) is 4.40. The Labute approximate surface area is 136 Å². The van der Waals surface area contributed by atoms with Gasteiger partial charge < -0.3 is 14.6 Å². The highest BCUT2D eigenvalue weighted by Gasteiger charge is 2.11. The lowest BCUT2D eigenvalue weighted by Gasteiger charge is -2.01. The molecular weight excluding hydrogens is 309 g/mol. The fraction of sp³-hybridized carbons (Fsp3) is 0. The normalized spacial score (nSPS) is 11.0. The van der Waals surface area contributed by atoms with Crippen LogP contribution in [0.5, 0.6) is 11.5 Å². The van der Waals surface area contributed by atoms with Gasteiger partial charge in [0, 0.05) is 5.56 Å². The van der Waals surface area contributed by atoms with E-state index in [1.54, 1.807) is 24.3 Å². The van der Waals surface area contributed by atoms with Crippen LogP contribution in [0.1, 0.15) is 0 Å². The molecular formula is C19H12FNO3. The molecule has 0 radical (unpaired) electrons. The van der Waals surface area contributed by atoms with E-state index < -0.39 is 11.6 Å². The number of benzene rings is 3. The van der Waals surface area contributed by atoms with Crippen LogP contribution < -0.4 is 0 Å². The van der Waals surface area contributed by atoms with Gasteiger partial charge in [0.1, 0.15) is 11.3 Å². The summed E-state index contributed by atoms with van der Waals surface area (Å²) in [5.41, 5.74) is 3.46. The van der Waals surface area contributed by atoms with E-state index in [2.05, 4.69) is 4.98 Å². The van der Waals surface area contributed by atoms with Crippen molar-refractivity contribution in [3.05, 3.63) is 66.5 Å². The summed E-state index contributed by atoms with van der Waals surface area (Å²) in [5.74, 6) is -0.653. The average Bonchev–Trinajstić information content (AvgIpc) is 3.00. The first-order valence-corrected chi connectivity index (χ1v) is 7.29. The van der Waals surface area contributed by atoms with Crippen molar-refractivity contribution >= 4 is 11.1 Å². The number of phenolic OH excluding ortho intramolecular Hbond substituents is 2. The van der Waals surface area contributed by atoms with Crippen LogP contribution >= 0.6 is 0 Å². The molecule has 4 rings (SSSR count). The monoisotopic (exact) mass is 321 g/mol. The van der Waals surface area contributed by atoms with Crippen LogP contribution in [0.2, 0.25) is 0 Å². The molecule has 0 aliphatic carbocycles. The Morgan fingerprint density at radius 2 is 1.62 bits per heavy atom. The standard InChI is InChI=1S/C19H12FNO3/c20-15-6-4-13(10-17(15)23)19-21-16-9-12(5-7-18(16)24-19)11-2-1-3-14(22)8-11/h1-10,22-23H. The van der Waals surface area contributed by atoms with Crippen LogP contribution in [0.25, 0.3) is 33.7 Å². The van der Waals surface area contributed by atoms with Gasteiger partial charge in [0.2, 0.25) is 5.89 Å². The molecule has 0 bridgehead atoms. The molecule has 0 fully saturated rings. The third kappa shape index (κ3) is 2.46. The highest BCUT2D eigenvalue weighted by molar-refractivity contribution is 5.82. The minimum Gasteiger partial charge on any atom is -0.508 e. The second-order valence-corrected chi connectivity index (χ2v) is 5.42. The van der Waals surface area contributed by atoms with Crippen molar-refractivity contribution in [3.8, 4) is 34.1 Å². The van der Waals surface area contributed by atoms with E-state index in [0.29, 0.717) is 22.6 Å². The fourth-order valence-electron chi connectivity index (χ4n) is 2.56. The van der Waals surface area contributed by atoms with Crippen LogP contribution in [-0.4, -0.2) is 15.2 Å². The largest absolute Gasteiger partial charge is 0.508 e. The lowest BCUT2D eigenvalue weighted by molar-refractivity contribution is 0.432. The zero-order valence-corrected chi connectivity index (χ0v) is 12.4. The van der Waals surface area contributed by atoms with Gasteiger partial charge >= 0.3 is 0 Å². The van der Waals surface area contributed by atoms with E-state index in [9.17, 15) is 14.6 Å². The molecule has 0 aliphatic rings. The zero-order chi connectivity index (χ0) is 16.7. The van der Waals surface area contributed by atoms with Crippen LogP contribution in [0.3, 0.4) is 0 Å². The number of halogens is 1. The number of oxazole rings is 1. The summed E-state index contributed by atoms with van der Waals surface area (Å²) in [5, 5.41) is 19.1. The molecule has 0 unspecified atom stereocenters. The molecule has 4 nitrogen and oxygen atoms in total. The van der Waals surface area contributed by atoms with Gasteiger partial charge in [-0.1, -0.05) is 18.2 Å². The maximum absolute atomic E-state index is 13.2. The molecule has 0 saturated heterocycles. The first kappa shape index (κ1) is 14.3. The van der Waals surface area contributed by atoms with Gasteiger partial charge in [0.15, 0.2) is 17.1 Å². The van der Waals surface area contributed by atoms with Crippen molar-refractivity contribution in [2.75, 3.05) is 0 Å². The second kappa shape index (κ2) is 5.38. The Morgan fingerprint density at radius 1 is 0.833 bits per heavy atom. The predicted octanol–water partition coefficient (Wildman–Crippen LogP) is 4.71. The first-order chi connectivity index (χ1) is 11.6. The van der Waals surface area contributed by atoms with Crippen molar-refractivity contribution in [1.29, 1.82) is 0 Å². The summed E-state index contributed by atoms with van der Waals surface area (Å²) in [6.07, 6.45) is 0. The van der Waals surface area contributed by atoms with Crippen LogP contribution in [0, 0.1) is 5.82 Å². The highest BCUT2D eigenvalue weighted by atomic mass is 19.1. The van der Waals surface area contributed by atoms with Gasteiger partial charge in [-0.15, -0.1) is 0 Å². The fourth-order valence-corrected chi connectivity index (χ4v) is 2.56. The maximum Gasteiger partial charge on any atom is 0.227 e. The minimum atomic E-state index is -0.693. The number of nitrogens with zero attached hydrogens (tertiary/aromatic N) is 1. The van der Waals surface area contributed by atoms with E-state index in [0.717, 1.165) is 17.2 Å². The Hall–Kier alpha value is -3.34. The van der Waals surface area contributed by atoms with Gasteiger partial charge in [-0.3, -0.25) is 0 Å². The number of phenols is 2. The lowest BCUT2D eigenvalue weighted by atomic mass is 10.1. The minimum absolute atomic E-state index is 0.190. The Balaban J connectivity index is 1.80. The van der Waals surface area contributed by atoms with E-state index in [4.69, 9.17) is 4.42 Å². The molecule has 2 N–H and O–H groups in total. The second-order valence-electron chi connectivity index (χ2n) is 5.42. The van der Waals surface area contributed by atoms with Crippen molar-refractivity contribution < 1.29 is 19.0 Å². The average molecular weight is 321 g/mol. The maximum atomic E-state index is 13.2. The van der Waals surface area contributed by atoms with Gasteiger partial charge in [-0.25, -0.2) is 9.37 Å². The SMILES string of the molecule is Oc1cccc(-c2ccc3oc(-c4ccc(F)c(O)c4)nc3c2)c1. The van der Waals surface area contributed by atoms with E-state index in [-0.39, 0.29) is 5.75 Å². The van der Waals surface area contributed by atoms with Crippen molar-refractivity contribution in [1.82, 2.24) is 4.98 Å². The van der Waals surface area contributed by atoms with Crippen molar-refractivity contribution in [2.24, 2.45) is 0 Å². The zero-order valence-electron chi connectivity index (χ0n) is 12.4. The number of aromatic nitrogens is 1.